The molecule has 4 heteroatoms. The maximum absolute atomic E-state index is 10.2. The SMILES string of the molecule is CCC[C@H]1O[C@@H]2OC3(CCCCC3)O[C@@H]2[C@H]1O. The van der Waals surface area contributed by atoms with Gasteiger partial charge in [-0.05, 0) is 19.3 Å². The normalized spacial score (nSPS) is 44.1. The molecule has 2 aliphatic heterocycles. The van der Waals surface area contributed by atoms with E-state index in [1.54, 1.807) is 0 Å². The molecular formula is C13H22O4. The molecular weight excluding hydrogens is 220 g/mol. The van der Waals surface area contributed by atoms with E-state index in [2.05, 4.69) is 6.92 Å². The summed E-state index contributed by atoms with van der Waals surface area (Å²) in [7, 11) is 0. The maximum atomic E-state index is 10.2. The van der Waals surface area contributed by atoms with Gasteiger partial charge in [-0.1, -0.05) is 19.8 Å². The minimum absolute atomic E-state index is 0.115. The monoisotopic (exact) mass is 242 g/mol. The molecule has 2 heterocycles. The minimum atomic E-state index is -0.527. The van der Waals surface area contributed by atoms with E-state index in [0.717, 1.165) is 38.5 Å². The zero-order valence-corrected chi connectivity index (χ0v) is 10.4. The fourth-order valence-corrected chi connectivity index (χ4v) is 3.26. The van der Waals surface area contributed by atoms with Gasteiger partial charge in [0, 0.05) is 12.8 Å². The third-order valence-corrected chi connectivity index (χ3v) is 4.17. The summed E-state index contributed by atoms with van der Waals surface area (Å²) in [4.78, 5) is 0. The van der Waals surface area contributed by atoms with Crippen molar-refractivity contribution < 1.29 is 19.3 Å². The lowest BCUT2D eigenvalue weighted by Gasteiger charge is -2.33. The van der Waals surface area contributed by atoms with E-state index in [0.29, 0.717) is 0 Å². The van der Waals surface area contributed by atoms with Gasteiger partial charge in [-0.3, -0.25) is 0 Å². The van der Waals surface area contributed by atoms with Gasteiger partial charge >= 0.3 is 0 Å². The highest BCUT2D eigenvalue weighted by Gasteiger charge is 2.57. The van der Waals surface area contributed by atoms with Gasteiger partial charge in [0.1, 0.15) is 12.2 Å². The lowest BCUT2D eigenvalue weighted by Crippen LogP contribution is -2.38. The molecule has 3 aliphatic rings. The van der Waals surface area contributed by atoms with E-state index < -0.39 is 11.9 Å². The second-order valence-corrected chi connectivity index (χ2v) is 5.49. The van der Waals surface area contributed by atoms with Crippen LogP contribution in [0.1, 0.15) is 51.9 Å². The van der Waals surface area contributed by atoms with Gasteiger partial charge in [0.25, 0.3) is 0 Å². The van der Waals surface area contributed by atoms with Crippen molar-refractivity contribution in [1.82, 2.24) is 0 Å². The summed E-state index contributed by atoms with van der Waals surface area (Å²) >= 11 is 0. The smallest absolute Gasteiger partial charge is 0.190 e. The Morgan fingerprint density at radius 3 is 2.59 bits per heavy atom. The molecule has 0 aromatic carbocycles. The molecule has 3 rings (SSSR count). The van der Waals surface area contributed by atoms with Crippen molar-refractivity contribution in [2.75, 3.05) is 0 Å². The van der Waals surface area contributed by atoms with E-state index in [1.165, 1.54) is 6.42 Å². The van der Waals surface area contributed by atoms with E-state index in [4.69, 9.17) is 14.2 Å². The molecule has 98 valence electrons. The Morgan fingerprint density at radius 1 is 1.18 bits per heavy atom. The lowest BCUT2D eigenvalue weighted by molar-refractivity contribution is -0.246. The average molecular weight is 242 g/mol. The van der Waals surface area contributed by atoms with Crippen LogP contribution in [0.3, 0.4) is 0 Å². The maximum Gasteiger partial charge on any atom is 0.190 e. The summed E-state index contributed by atoms with van der Waals surface area (Å²) in [5.74, 6) is -0.453. The highest BCUT2D eigenvalue weighted by Crippen LogP contribution is 2.45. The fraction of sp³-hybridized carbons (Fsp3) is 1.00. The number of fused-ring (bicyclic) bond motifs is 1. The summed E-state index contributed by atoms with van der Waals surface area (Å²) in [6.45, 7) is 2.09. The van der Waals surface area contributed by atoms with Gasteiger partial charge in [-0.25, -0.2) is 0 Å². The Morgan fingerprint density at radius 2 is 1.94 bits per heavy atom. The van der Waals surface area contributed by atoms with Crippen LogP contribution >= 0.6 is 0 Å². The van der Waals surface area contributed by atoms with Crippen LogP contribution < -0.4 is 0 Å². The van der Waals surface area contributed by atoms with Gasteiger partial charge in [-0.2, -0.15) is 0 Å². The highest BCUT2D eigenvalue weighted by atomic mass is 16.8. The summed E-state index contributed by atoms with van der Waals surface area (Å²) in [5, 5.41) is 10.2. The zero-order valence-electron chi connectivity index (χ0n) is 10.4. The van der Waals surface area contributed by atoms with Gasteiger partial charge < -0.3 is 19.3 Å². The quantitative estimate of drug-likeness (QED) is 0.804. The molecule has 1 saturated carbocycles. The molecule has 0 amide bonds. The predicted molar refractivity (Wildman–Crippen MR) is 61.3 cm³/mol. The van der Waals surface area contributed by atoms with Crippen LogP contribution in [0, 0.1) is 0 Å². The molecule has 0 unspecified atom stereocenters. The molecule has 0 aromatic rings. The van der Waals surface area contributed by atoms with Gasteiger partial charge in [0.15, 0.2) is 12.1 Å². The van der Waals surface area contributed by atoms with Crippen LogP contribution in [-0.2, 0) is 14.2 Å². The number of aliphatic hydroxyl groups excluding tert-OH is 1. The molecule has 0 radical (unpaired) electrons. The number of aliphatic hydroxyl groups is 1. The number of hydrogen-bond donors (Lipinski definition) is 1. The first-order valence-electron chi connectivity index (χ1n) is 6.93. The number of ether oxygens (including phenoxy) is 3. The zero-order chi connectivity index (χ0) is 11.9. The van der Waals surface area contributed by atoms with Crippen LogP contribution in [0.4, 0.5) is 0 Å². The van der Waals surface area contributed by atoms with Crippen LogP contribution in [0.25, 0.3) is 0 Å². The minimum Gasteiger partial charge on any atom is -0.387 e. The van der Waals surface area contributed by atoms with Gasteiger partial charge in [0.2, 0.25) is 0 Å². The first-order valence-corrected chi connectivity index (χ1v) is 6.93. The standard InChI is InChI=1S/C13H22O4/c1-2-6-9-10(14)11-12(15-9)17-13(16-11)7-4-3-5-8-13/h9-12,14H,2-8H2,1H3/t9-,10+,11-,12-/m1/s1. The first-order chi connectivity index (χ1) is 8.24. The Labute approximate surface area is 102 Å². The van der Waals surface area contributed by atoms with Crippen molar-refractivity contribution >= 4 is 0 Å². The van der Waals surface area contributed by atoms with Crippen molar-refractivity contribution in [2.45, 2.75) is 82.3 Å². The van der Waals surface area contributed by atoms with Crippen LogP contribution in [0.15, 0.2) is 0 Å². The van der Waals surface area contributed by atoms with E-state index in [-0.39, 0.29) is 18.5 Å². The first kappa shape index (κ1) is 11.9. The van der Waals surface area contributed by atoms with Crippen LogP contribution in [-0.4, -0.2) is 35.5 Å². The second kappa shape index (κ2) is 4.50. The van der Waals surface area contributed by atoms with Crippen LogP contribution in [0.2, 0.25) is 0 Å². The summed E-state index contributed by atoms with van der Waals surface area (Å²) in [6, 6.07) is 0. The Bertz CT molecular complexity index is 275. The fourth-order valence-electron chi connectivity index (χ4n) is 3.26. The average Bonchev–Trinajstić information content (AvgIpc) is 2.79. The Balaban J connectivity index is 1.66. The summed E-state index contributed by atoms with van der Waals surface area (Å²) in [5.41, 5.74) is 0. The van der Waals surface area contributed by atoms with E-state index in [9.17, 15) is 5.11 Å². The summed E-state index contributed by atoms with van der Waals surface area (Å²) in [6.07, 6.45) is 6.04. The second-order valence-electron chi connectivity index (χ2n) is 5.49. The molecule has 1 aliphatic carbocycles. The van der Waals surface area contributed by atoms with Crippen molar-refractivity contribution in [3.05, 3.63) is 0 Å². The molecule has 4 atom stereocenters. The molecule has 0 bridgehead atoms. The largest absolute Gasteiger partial charge is 0.387 e. The van der Waals surface area contributed by atoms with Gasteiger partial charge in [-0.15, -0.1) is 0 Å². The predicted octanol–water partition coefficient (Wildman–Crippen LogP) is 1.95. The molecule has 17 heavy (non-hydrogen) atoms. The van der Waals surface area contributed by atoms with Crippen molar-refractivity contribution in [3.63, 3.8) is 0 Å². The third kappa shape index (κ3) is 2.01. The van der Waals surface area contributed by atoms with Crippen molar-refractivity contribution in [1.29, 1.82) is 0 Å². The lowest BCUT2D eigenvalue weighted by atomic mass is 9.94. The van der Waals surface area contributed by atoms with Crippen molar-refractivity contribution in [2.24, 2.45) is 0 Å². The molecule has 3 fully saturated rings. The van der Waals surface area contributed by atoms with Gasteiger partial charge in [0.05, 0.1) is 6.10 Å². The molecule has 1 spiro atoms. The topological polar surface area (TPSA) is 47.9 Å². The van der Waals surface area contributed by atoms with E-state index >= 15 is 0 Å². The van der Waals surface area contributed by atoms with Crippen LogP contribution in [0.5, 0.6) is 0 Å². The van der Waals surface area contributed by atoms with Crippen molar-refractivity contribution in [3.8, 4) is 0 Å². The molecule has 0 aromatic heterocycles. The molecule has 1 N–H and O–H groups in total. The molecule has 2 saturated heterocycles. The Kier molecular flexibility index (Phi) is 3.15. The Hall–Kier alpha value is -0.160. The molecule has 4 nitrogen and oxygen atoms in total. The third-order valence-electron chi connectivity index (χ3n) is 4.17. The van der Waals surface area contributed by atoms with E-state index in [1.807, 2.05) is 0 Å². The summed E-state index contributed by atoms with van der Waals surface area (Å²) < 4.78 is 17.7. The number of rotatable bonds is 2. The number of hydrogen-bond acceptors (Lipinski definition) is 4. The highest BCUT2D eigenvalue weighted by molar-refractivity contribution is 4.95.